The van der Waals surface area contributed by atoms with Crippen molar-refractivity contribution in [1.29, 1.82) is 0 Å². The Kier molecular flexibility index (Phi) is 8.50. The van der Waals surface area contributed by atoms with Crippen molar-refractivity contribution in [2.45, 2.75) is 52.7 Å². The number of carbonyl (C=O) groups is 2. The Hall–Kier alpha value is -3.10. The van der Waals surface area contributed by atoms with Gasteiger partial charge in [0.15, 0.2) is 5.76 Å². The van der Waals surface area contributed by atoms with Gasteiger partial charge in [-0.05, 0) is 91.0 Å². The van der Waals surface area contributed by atoms with E-state index in [1.165, 1.54) is 6.08 Å². The number of rotatable bonds is 6. The number of aromatic nitrogens is 2. The molecule has 2 aromatic carbocycles. The minimum absolute atomic E-state index is 0.215. The summed E-state index contributed by atoms with van der Waals surface area (Å²) in [6, 6.07) is 8.64. The molecular formula is C31H32Cl3N3O4. The highest BCUT2D eigenvalue weighted by Crippen LogP contribution is 2.42. The number of carbonyl (C=O) groups excluding carboxylic acids is 2. The quantitative estimate of drug-likeness (QED) is 0.160. The molecule has 41 heavy (non-hydrogen) atoms. The molecule has 10 heteroatoms. The molecule has 0 N–H and O–H groups in total. The monoisotopic (exact) mass is 615 g/mol. The molecule has 0 radical (unpaired) electrons. The highest BCUT2D eigenvalue weighted by Gasteiger charge is 2.38. The zero-order chi connectivity index (χ0) is 30.4. The summed E-state index contributed by atoms with van der Waals surface area (Å²) < 4.78 is 12.8. The van der Waals surface area contributed by atoms with E-state index in [0.29, 0.717) is 21.9 Å². The van der Waals surface area contributed by atoms with E-state index in [1.807, 2.05) is 78.7 Å². The van der Waals surface area contributed by atoms with Crippen LogP contribution in [-0.4, -0.2) is 46.2 Å². The van der Waals surface area contributed by atoms with Crippen molar-refractivity contribution in [2.75, 3.05) is 14.1 Å². The van der Waals surface area contributed by atoms with E-state index in [9.17, 15) is 9.59 Å². The smallest absolute Gasteiger partial charge is 0.331 e. The lowest BCUT2D eigenvalue weighted by Gasteiger charge is -2.30. The van der Waals surface area contributed by atoms with Gasteiger partial charge >= 0.3 is 5.97 Å². The maximum absolute atomic E-state index is 14.5. The number of hydrogen-bond acceptors (Lipinski definition) is 6. The minimum Gasteiger partial charge on any atom is -0.457 e. The Morgan fingerprint density at radius 3 is 2.27 bits per heavy atom. The molecule has 0 saturated heterocycles. The van der Waals surface area contributed by atoms with Crippen LogP contribution in [0.3, 0.4) is 0 Å². The van der Waals surface area contributed by atoms with Crippen LogP contribution >= 0.6 is 34.8 Å². The molecule has 0 spiro atoms. The van der Waals surface area contributed by atoms with Crippen LogP contribution in [0.5, 0.6) is 0 Å². The molecule has 4 rings (SSSR count). The van der Waals surface area contributed by atoms with E-state index in [0.717, 1.165) is 16.5 Å². The SMILES string of the molecule is Cc1cn(C(=O)c2c(-c3c(Cl)cc(Cl)cc3Cl)noc2C(C)(C)N(C)C)c2cccc(/C=C/C(=O)OC(C)(C)C)c12. The normalized spacial score (nSPS) is 12.6. The highest BCUT2D eigenvalue weighted by atomic mass is 35.5. The van der Waals surface area contributed by atoms with E-state index in [4.69, 9.17) is 44.1 Å². The van der Waals surface area contributed by atoms with Gasteiger partial charge in [-0.2, -0.15) is 0 Å². The van der Waals surface area contributed by atoms with Crippen molar-refractivity contribution >= 4 is 63.7 Å². The van der Waals surface area contributed by atoms with Crippen LogP contribution in [0.2, 0.25) is 15.1 Å². The molecular weight excluding hydrogens is 585 g/mol. The molecule has 0 aliphatic carbocycles. The first kappa shape index (κ1) is 30.8. The third-order valence-corrected chi connectivity index (χ3v) is 7.71. The number of aryl methyl sites for hydroxylation is 1. The second-order valence-electron chi connectivity index (χ2n) is 11.5. The van der Waals surface area contributed by atoms with Crippen LogP contribution in [0.1, 0.15) is 61.9 Å². The van der Waals surface area contributed by atoms with Crippen molar-refractivity contribution in [3.05, 3.63) is 80.1 Å². The number of fused-ring (bicyclic) bond motifs is 1. The molecule has 7 nitrogen and oxygen atoms in total. The zero-order valence-electron chi connectivity index (χ0n) is 24.2. The van der Waals surface area contributed by atoms with Gasteiger partial charge in [0, 0.05) is 28.2 Å². The van der Waals surface area contributed by atoms with Crippen molar-refractivity contribution in [3.63, 3.8) is 0 Å². The largest absolute Gasteiger partial charge is 0.457 e. The zero-order valence-corrected chi connectivity index (χ0v) is 26.5. The Morgan fingerprint density at radius 2 is 1.68 bits per heavy atom. The van der Waals surface area contributed by atoms with Gasteiger partial charge in [-0.3, -0.25) is 14.3 Å². The molecule has 0 aliphatic rings. The van der Waals surface area contributed by atoms with Gasteiger partial charge in [-0.25, -0.2) is 4.79 Å². The van der Waals surface area contributed by atoms with E-state index in [-0.39, 0.29) is 27.2 Å². The summed E-state index contributed by atoms with van der Waals surface area (Å²) in [5, 5.41) is 5.95. The predicted octanol–water partition coefficient (Wildman–Crippen LogP) is 8.41. The summed E-state index contributed by atoms with van der Waals surface area (Å²) >= 11 is 19.3. The summed E-state index contributed by atoms with van der Waals surface area (Å²) in [6.07, 6.45) is 4.84. The summed E-state index contributed by atoms with van der Waals surface area (Å²) in [5.41, 5.74) is 1.71. The lowest BCUT2D eigenvalue weighted by Crippen LogP contribution is -2.36. The average Bonchev–Trinajstić information content (AvgIpc) is 3.43. The Bertz CT molecular complexity index is 1670. The average molecular weight is 617 g/mol. The molecule has 0 aliphatic heterocycles. The van der Waals surface area contributed by atoms with Gasteiger partial charge in [-0.1, -0.05) is 52.1 Å². The van der Waals surface area contributed by atoms with Crippen molar-refractivity contribution in [3.8, 4) is 11.3 Å². The summed E-state index contributed by atoms with van der Waals surface area (Å²) in [6.45, 7) is 11.2. The summed E-state index contributed by atoms with van der Waals surface area (Å²) in [5.74, 6) is -0.478. The van der Waals surface area contributed by atoms with E-state index >= 15 is 0 Å². The van der Waals surface area contributed by atoms with Gasteiger partial charge in [0.25, 0.3) is 5.91 Å². The number of esters is 1. The number of halogens is 3. The topological polar surface area (TPSA) is 77.6 Å². The van der Waals surface area contributed by atoms with Gasteiger partial charge < -0.3 is 9.26 Å². The molecule has 0 bridgehead atoms. The van der Waals surface area contributed by atoms with Crippen LogP contribution in [0.25, 0.3) is 28.2 Å². The van der Waals surface area contributed by atoms with Gasteiger partial charge in [0.05, 0.1) is 21.1 Å². The molecule has 0 fully saturated rings. The summed E-state index contributed by atoms with van der Waals surface area (Å²) in [4.78, 5) is 28.7. The maximum Gasteiger partial charge on any atom is 0.331 e. The number of hydrogen-bond donors (Lipinski definition) is 0. The van der Waals surface area contributed by atoms with E-state index < -0.39 is 17.1 Å². The fraction of sp³-hybridized carbons (Fsp3) is 0.323. The second-order valence-corrected chi connectivity index (χ2v) is 12.8. The fourth-order valence-corrected chi connectivity index (χ4v) is 5.48. The molecule has 2 aromatic heterocycles. The van der Waals surface area contributed by atoms with Gasteiger partial charge in [0.1, 0.15) is 16.9 Å². The number of nitrogens with zero attached hydrogens (tertiary/aromatic N) is 3. The van der Waals surface area contributed by atoms with Crippen molar-refractivity contribution in [2.24, 2.45) is 0 Å². The van der Waals surface area contributed by atoms with E-state index in [1.54, 1.807) is 29.0 Å². The Balaban J connectivity index is 1.92. The van der Waals surface area contributed by atoms with Crippen LogP contribution in [-0.2, 0) is 15.1 Å². The standard InChI is InChI=1S/C31H32Cl3N3O4/c1-17-16-37(22-11-9-10-18(24(17)22)12-13-23(38)40-30(2,3)4)29(39)26-27(25-20(33)14-19(32)15-21(25)34)35-41-28(26)31(5,6)36(7)8/h9-16H,1-8H3/b13-12+. The van der Waals surface area contributed by atoms with Crippen LogP contribution in [0.4, 0.5) is 0 Å². The molecule has 0 amide bonds. The lowest BCUT2D eigenvalue weighted by molar-refractivity contribution is -0.148. The summed E-state index contributed by atoms with van der Waals surface area (Å²) in [7, 11) is 3.77. The first-order chi connectivity index (χ1) is 19.0. The predicted molar refractivity (Wildman–Crippen MR) is 165 cm³/mol. The number of benzene rings is 2. The fourth-order valence-electron chi connectivity index (χ4n) is 4.48. The van der Waals surface area contributed by atoms with E-state index in [2.05, 4.69) is 5.16 Å². The molecule has 4 aromatic rings. The van der Waals surface area contributed by atoms with Crippen molar-refractivity contribution < 1.29 is 18.8 Å². The van der Waals surface area contributed by atoms with Crippen LogP contribution in [0, 0.1) is 6.92 Å². The highest BCUT2D eigenvalue weighted by molar-refractivity contribution is 6.42. The third-order valence-electron chi connectivity index (χ3n) is 6.90. The molecule has 2 heterocycles. The Morgan fingerprint density at radius 1 is 1.05 bits per heavy atom. The van der Waals surface area contributed by atoms with Gasteiger partial charge in [0.2, 0.25) is 0 Å². The maximum atomic E-state index is 14.5. The first-order valence-corrected chi connectivity index (χ1v) is 14.0. The minimum atomic E-state index is -0.721. The van der Waals surface area contributed by atoms with Crippen LogP contribution in [0.15, 0.2) is 47.1 Å². The number of ether oxygens (including phenoxy) is 1. The first-order valence-electron chi connectivity index (χ1n) is 12.9. The van der Waals surface area contributed by atoms with Crippen molar-refractivity contribution in [1.82, 2.24) is 14.6 Å². The molecule has 216 valence electrons. The second kappa shape index (κ2) is 11.3. The lowest BCUT2D eigenvalue weighted by atomic mass is 9.93. The van der Waals surface area contributed by atoms with Gasteiger partial charge in [-0.15, -0.1) is 0 Å². The molecule has 0 saturated carbocycles. The Labute approximate surface area is 254 Å². The van der Waals surface area contributed by atoms with Crippen LogP contribution < -0.4 is 0 Å². The third kappa shape index (κ3) is 6.09. The molecule has 0 unspecified atom stereocenters. The molecule has 0 atom stereocenters.